The maximum Gasteiger partial charge on any atom is 0.343 e. The van der Waals surface area contributed by atoms with Crippen molar-refractivity contribution in [3.05, 3.63) is 34.1 Å². The summed E-state index contributed by atoms with van der Waals surface area (Å²) in [5, 5.41) is 0.346. The van der Waals surface area contributed by atoms with Crippen LogP contribution in [-0.2, 0) is 9.47 Å². The molecule has 0 radical (unpaired) electrons. The number of H-pyrrole nitrogens is 1. The number of carbonyl (C=O) groups is 1. The van der Waals surface area contributed by atoms with Gasteiger partial charge < -0.3 is 23.9 Å². The average molecular weight is 319 g/mol. The van der Waals surface area contributed by atoms with Crippen molar-refractivity contribution in [2.24, 2.45) is 0 Å². The SMILES string of the molecule is CCOCC1COc2cc3c(=O)c(C(=O)OC)c[nH]c3cc2O1. The second kappa shape index (κ2) is 6.29. The van der Waals surface area contributed by atoms with Gasteiger partial charge in [0.1, 0.15) is 12.2 Å². The summed E-state index contributed by atoms with van der Waals surface area (Å²) in [4.78, 5) is 26.9. The normalized spacial score (nSPS) is 16.3. The smallest absolute Gasteiger partial charge is 0.343 e. The van der Waals surface area contributed by atoms with Crippen LogP contribution < -0.4 is 14.9 Å². The Morgan fingerprint density at radius 3 is 2.96 bits per heavy atom. The predicted octanol–water partition coefficient (Wildman–Crippen LogP) is 1.49. The lowest BCUT2D eigenvalue weighted by Gasteiger charge is -2.26. The molecule has 0 aliphatic carbocycles. The fraction of sp³-hybridized carbons (Fsp3) is 0.375. The lowest BCUT2D eigenvalue weighted by molar-refractivity contribution is 0.0129. The molecular formula is C16H17NO6. The van der Waals surface area contributed by atoms with Crippen LogP contribution >= 0.6 is 0 Å². The van der Waals surface area contributed by atoms with E-state index in [0.29, 0.717) is 42.2 Å². The first-order valence-electron chi connectivity index (χ1n) is 7.29. The van der Waals surface area contributed by atoms with Gasteiger partial charge >= 0.3 is 5.97 Å². The minimum atomic E-state index is -0.681. The average Bonchev–Trinajstić information content (AvgIpc) is 2.58. The van der Waals surface area contributed by atoms with Gasteiger partial charge in [-0.25, -0.2) is 4.79 Å². The van der Waals surface area contributed by atoms with Crippen LogP contribution in [0.2, 0.25) is 0 Å². The van der Waals surface area contributed by atoms with Crippen molar-refractivity contribution in [2.75, 3.05) is 26.9 Å². The summed E-state index contributed by atoms with van der Waals surface area (Å²) in [6, 6.07) is 3.26. The highest BCUT2D eigenvalue weighted by Gasteiger charge is 2.23. The summed E-state index contributed by atoms with van der Waals surface area (Å²) >= 11 is 0. The predicted molar refractivity (Wildman–Crippen MR) is 82.3 cm³/mol. The number of pyridine rings is 1. The van der Waals surface area contributed by atoms with Crippen LogP contribution in [0.1, 0.15) is 17.3 Å². The number of methoxy groups -OCH3 is 1. The Bertz CT molecular complexity index is 797. The van der Waals surface area contributed by atoms with Crippen molar-refractivity contribution in [2.45, 2.75) is 13.0 Å². The molecule has 1 N–H and O–H groups in total. The van der Waals surface area contributed by atoms with E-state index in [1.807, 2.05) is 6.92 Å². The van der Waals surface area contributed by atoms with E-state index in [-0.39, 0.29) is 11.7 Å². The molecule has 0 saturated carbocycles. The van der Waals surface area contributed by atoms with Gasteiger partial charge in [-0.3, -0.25) is 4.79 Å². The Labute approximate surface area is 132 Å². The molecule has 1 unspecified atom stereocenters. The van der Waals surface area contributed by atoms with Crippen LogP contribution in [0.25, 0.3) is 10.9 Å². The highest BCUT2D eigenvalue weighted by atomic mass is 16.6. The van der Waals surface area contributed by atoms with E-state index in [9.17, 15) is 9.59 Å². The molecule has 2 heterocycles. The van der Waals surface area contributed by atoms with Crippen LogP contribution in [0, 0.1) is 0 Å². The molecule has 0 spiro atoms. The molecule has 1 aromatic carbocycles. The van der Waals surface area contributed by atoms with Gasteiger partial charge in [0, 0.05) is 18.9 Å². The highest BCUT2D eigenvalue weighted by Crippen LogP contribution is 2.34. The van der Waals surface area contributed by atoms with Crippen molar-refractivity contribution in [3.8, 4) is 11.5 Å². The van der Waals surface area contributed by atoms with Gasteiger partial charge in [0.25, 0.3) is 0 Å². The number of carbonyl (C=O) groups excluding carboxylic acids is 1. The third-order valence-corrected chi connectivity index (χ3v) is 3.58. The van der Waals surface area contributed by atoms with Gasteiger partial charge in [-0.15, -0.1) is 0 Å². The van der Waals surface area contributed by atoms with E-state index >= 15 is 0 Å². The Hall–Kier alpha value is -2.54. The Kier molecular flexibility index (Phi) is 4.20. The number of nitrogens with one attached hydrogen (secondary N) is 1. The van der Waals surface area contributed by atoms with E-state index in [4.69, 9.17) is 14.2 Å². The standard InChI is InChI=1S/C16H17NO6/c1-3-21-7-9-8-22-13-4-10-12(5-14(13)23-9)17-6-11(15(10)18)16(19)20-2/h4-6,9H,3,7-8H2,1-2H3,(H,17,18). The first kappa shape index (κ1) is 15.4. The molecule has 2 aromatic rings. The lowest BCUT2D eigenvalue weighted by atomic mass is 10.1. The second-order valence-electron chi connectivity index (χ2n) is 5.08. The maximum absolute atomic E-state index is 12.4. The number of rotatable bonds is 4. The summed E-state index contributed by atoms with van der Waals surface area (Å²) in [7, 11) is 1.23. The number of aromatic nitrogens is 1. The third kappa shape index (κ3) is 2.87. The minimum Gasteiger partial charge on any atom is -0.486 e. The first-order valence-corrected chi connectivity index (χ1v) is 7.29. The molecule has 1 aliphatic rings. The zero-order chi connectivity index (χ0) is 16.4. The molecule has 23 heavy (non-hydrogen) atoms. The number of hydrogen-bond acceptors (Lipinski definition) is 6. The van der Waals surface area contributed by atoms with Crippen LogP contribution in [0.3, 0.4) is 0 Å². The van der Waals surface area contributed by atoms with Crippen LogP contribution in [0.15, 0.2) is 23.1 Å². The summed E-state index contributed by atoms with van der Waals surface area (Å²) in [6.45, 7) is 3.29. The molecule has 1 atom stereocenters. The summed E-state index contributed by atoms with van der Waals surface area (Å²) < 4.78 is 21.4. The number of hydrogen-bond donors (Lipinski definition) is 1. The van der Waals surface area contributed by atoms with Gasteiger partial charge in [0.05, 0.1) is 24.6 Å². The molecule has 1 aromatic heterocycles. The summed E-state index contributed by atoms with van der Waals surface area (Å²) in [6.07, 6.45) is 1.14. The van der Waals surface area contributed by atoms with E-state index in [2.05, 4.69) is 9.72 Å². The molecule has 7 nitrogen and oxygen atoms in total. The number of fused-ring (bicyclic) bond motifs is 2. The third-order valence-electron chi connectivity index (χ3n) is 3.58. The van der Waals surface area contributed by atoms with Gasteiger partial charge in [0.15, 0.2) is 17.6 Å². The van der Waals surface area contributed by atoms with E-state index < -0.39 is 11.4 Å². The number of ether oxygens (including phenoxy) is 4. The molecular weight excluding hydrogens is 302 g/mol. The van der Waals surface area contributed by atoms with Crippen molar-refractivity contribution < 1.29 is 23.7 Å². The molecule has 7 heteroatoms. The Morgan fingerprint density at radius 1 is 1.39 bits per heavy atom. The highest BCUT2D eigenvalue weighted by molar-refractivity contribution is 5.94. The van der Waals surface area contributed by atoms with E-state index in [0.717, 1.165) is 0 Å². The summed E-state index contributed by atoms with van der Waals surface area (Å²) in [5.74, 6) is 0.326. The van der Waals surface area contributed by atoms with Crippen LogP contribution in [0.5, 0.6) is 11.5 Å². The van der Waals surface area contributed by atoms with Crippen molar-refractivity contribution >= 4 is 16.9 Å². The zero-order valence-electron chi connectivity index (χ0n) is 12.9. The molecule has 122 valence electrons. The number of benzene rings is 1. The van der Waals surface area contributed by atoms with Gasteiger partial charge in [-0.2, -0.15) is 0 Å². The quantitative estimate of drug-likeness (QED) is 0.859. The van der Waals surface area contributed by atoms with Crippen LogP contribution in [-0.4, -0.2) is 44.0 Å². The minimum absolute atomic E-state index is 0.0501. The largest absolute Gasteiger partial charge is 0.486 e. The summed E-state index contributed by atoms with van der Waals surface area (Å²) in [5.41, 5.74) is 0.0985. The molecule has 0 saturated heterocycles. The van der Waals surface area contributed by atoms with E-state index in [1.165, 1.54) is 13.3 Å². The topological polar surface area (TPSA) is 86.9 Å². The van der Waals surface area contributed by atoms with E-state index in [1.54, 1.807) is 12.1 Å². The molecule has 0 amide bonds. The number of aromatic amines is 1. The molecule has 3 rings (SSSR count). The molecule has 0 fully saturated rings. The second-order valence-corrected chi connectivity index (χ2v) is 5.08. The molecule has 0 bridgehead atoms. The van der Waals surface area contributed by atoms with Crippen molar-refractivity contribution in [1.82, 2.24) is 4.98 Å². The van der Waals surface area contributed by atoms with Crippen molar-refractivity contribution in [3.63, 3.8) is 0 Å². The fourth-order valence-electron chi connectivity index (χ4n) is 2.42. The van der Waals surface area contributed by atoms with Gasteiger partial charge in [-0.1, -0.05) is 0 Å². The Morgan fingerprint density at radius 2 is 2.22 bits per heavy atom. The van der Waals surface area contributed by atoms with Gasteiger partial charge in [0.2, 0.25) is 5.43 Å². The zero-order valence-corrected chi connectivity index (χ0v) is 12.9. The lowest BCUT2D eigenvalue weighted by Crippen LogP contribution is -2.33. The monoisotopic (exact) mass is 319 g/mol. The molecule has 1 aliphatic heterocycles. The maximum atomic E-state index is 12.4. The fourth-order valence-corrected chi connectivity index (χ4v) is 2.42. The first-order chi connectivity index (χ1) is 11.1. The van der Waals surface area contributed by atoms with Crippen molar-refractivity contribution in [1.29, 1.82) is 0 Å². The number of esters is 1. The van der Waals surface area contributed by atoms with Crippen LogP contribution in [0.4, 0.5) is 0 Å². The Balaban J connectivity index is 1.99. The van der Waals surface area contributed by atoms with Gasteiger partial charge in [-0.05, 0) is 13.0 Å².